The summed E-state index contributed by atoms with van der Waals surface area (Å²) in [5.41, 5.74) is 3.38. The van der Waals surface area contributed by atoms with Crippen LogP contribution in [0.4, 0.5) is 0 Å². The van der Waals surface area contributed by atoms with Gasteiger partial charge in [-0.1, -0.05) is 38.1 Å². The van der Waals surface area contributed by atoms with Crippen LogP contribution < -0.4 is 5.32 Å². The van der Waals surface area contributed by atoms with Crippen molar-refractivity contribution in [2.75, 3.05) is 18.6 Å². The van der Waals surface area contributed by atoms with Crippen molar-refractivity contribution in [1.29, 1.82) is 0 Å². The van der Waals surface area contributed by atoms with Gasteiger partial charge < -0.3 is 5.32 Å². The number of nitrogens with one attached hydrogen (secondary N) is 1. The lowest BCUT2D eigenvalue weighted by atomic mass is 9.85. The van der Waals surface area contributed by atoms with Gasteiger partial charge in [0.25, 0.3) is 0 Å². The van der Waals surface area contributed by atoms with E-state index in [4.69, 9.17) is 0 Å². The zero-order chi connectivity index (χ0) is 11.6. The molecular weight excluding hydrogens is 214 g/mol. The third kappa shape index (κ3) is 2.28. The van der Waals surface area contributed by atoms with Crippen LogP contribution in [0.2, 0.25) is 0 Å². The number of thioether (sulfide) groups is 1. The second kappa shape index (κ2) is 4.80. The molecule has 2 heteroatoms. The molecule has 1 nitrogen and oxygen atoms in total. The lowest BCUT2D eigenvalue weighted by Crippen LogP contribution is -2.32. The summed E-state index contributed by atoms with van der Waals surface area (Å²) in [5.74, 6) is 1.19. The minimum atomic E-state index is 0.349. The second-order valence-electron chi connectivity index (χ2n) is 5.24. The van der Waals surface area contributed by atoms with E-state index in [2.05, 4.69) is 49.7 Å². The van der Waals surface area contributed by atoms with Crippen molar-refractivity contribution in [2.24, 2.45) is 5.41 Å². The Morgan fingerprint density at radius 1 is 1.38 bits per heavy atom. The van der Waals surface area contributed by atoms with Crippen molar-refractivity contribution in [2.45, 2.75) is 26.3 Å². The summed E-state index contributed by atoms with van der Waals surface area (Å²) < 4.78 is 0. The average Bonchev–Trinajstić information content (AvgIpc) is 2.50. The monoisotopic (exact) mass is 235 g/mol. The number of rotatable bonds is 4. The lowest BCUT2D eigenvalue weighted by Gasteiger charge is -2.28. The van der Waals surface area contributed by atoms with Crippen LogP contribution in [-0.4, -0.2) is 18.6 Å². The molecule has 88 valence electrons. The zero-order valence-electron chi connectivity index (χ0n) is 10.4. The highest BCUT2D eigenvalue weighted by molar-refractivity contribution is 7.98. The van der Waals surface area contributed by atoms with E-state index in [-0.39, 0.29) is 0 Å². The maximum atomic E-state index is 3.71. The van der Waals surface area contributed by atoms with E-state index < -0.39 is 0 Å². The van der Waals surface area contributed by atoms with Crippen LogP contribution in [0, 0.1) is 5.41 Å². The maximum Gasteiger partial charge on any atom is 0.0378 e. The molecule has 0 aliphatic heterocycles. The highest BCUT2D eigenvalue weighted by Gasteiger charge is 2.37. The molecule has 0 aromatic heterocycles. The zero-order valence-corrected chi connectivity index (χ0v) is 11.2. The highest BCUT2D eigenvalue weighted by Crippen LogP contribution is 2.44. The van der Waals surface area contributed by atoms with Gasteiger partial charge in [0.2, 0.25) is 0 Å². The van der Waals surface area contributed by atoms with Gasteiger partial charge in [0.1, 0.15) is 0 Å². The summed E-state index contributed by atoms with van der Waals surface area (Å²) in [6.07, 6.45) is 3.36. The van der Waals surface area contributed by atoms with Gasteiger partial charge in [-0.25, -0.2) is 0 Å². The fourth-order valence-corrected chi connectivity index (χ4v) is 3.00. The minimum Gasteiger partial charge on any atom is -0.309 e. The van der Waals surface area contributed by atoms with Crippen LogP contribution in [0.5, 0.6) is 0 Å². The second-order valence-corrected chi connectivity index (χ2v) is 6.23. The maximum absolute atomic E-state index is 3.71. The summed E-state index contributed by atoms with van der Waals surface area (Å²) in [7, 11) is 0. The van der Waals surface area contributed by atoms with Gasteiger partial charge in [0, 0.05) is 18.3 Å². The van der Waals surface area contributed by atoms with E-state index in [0.717, 1.165) is 6.54 Å². The summed E-state index contributed by atoms with van der Waals surface area (Å²) in [6.45, 7) is 5.83. The molecule has 1 aliphatic rings. The lowest BCUT2D eigenvalue weighted by molar-refractivity contribution is 0.274. The van der Waals surface area contributed by atoms with Crippen LogP contribution >= 0.6 is 11.8 Å². The third-order valence-electron chi connectivity index (χ3n) is 3.45. The van der Waals surface area contributed by atoms with E-state index in [0.29, 0.717) is 11.5 Å². The molecule has 1 unspecified atom stereocenters. The van der Waals surface area contributed by atoms with Crippen molar-refractivity contribution < 1.29 is 0 Å². The Labute approximate surface area is 103 Å². The molecule has 1 N–H and O–H groups in total. The molecule has 2 rings (SSSR count). The first-order chi connectivity index (χ1) is 7.65. The molecule has 0 fully saturated rings. The first-order valence-corrected chi connectivity index (χ1v) is 7.34. The van der Waals surface area contributed by atoms with Gasteiger partial charge in [0.15, 0.2) is 0 Å². The first kappa shape index (κ1) is 12.0. The number of fused-ring (bicyclic) bond motifs is 1. The molecule has 0 saturated carbocycles. The SMILES string of the molecule is CSCCNC1c2ccccc2CC1(C)C. The van der Waals surface area contributed by atoms with Crippen LogP contribution in [0.15, 0.2) is 24.3 Å². The Morgan fingerprint density at radius 3 is 2.88 bits per heavy atom. The molecule has 0 bridgehead atoms. The standard InChI is InChI=1S/C14H21NS/c1-14(2)10-11-6-4-5-7-12(11)13(14)15-8-9-16-3/h4-7,13,15H,8-10H2,1-3H3. The molecular formula is C14H21NS. The molecule has 1 atom stereocenters. The molecule has 1 aromatic carbocycles. The molecule has 0 amide bonds. The molecule has 0 spiro atoms. The van der Waals surface area contributed by atoms with E-state index in [1.165, 1.54) is 23.3 Å². The van der Waals surface area contributed by atoms with Gasteiger partial charge >= 0.3 is 0 Å². The van der Waals surface area contributed by atoms with Crippen molar-refractivity contribution in [1.82, 2.24) is 5.32 Å². The van der Waals surface area contributed by atoms with Gasteiger partial charge in [-0.15, -0.1) is 0 Å². The number of hydrogen-bond acceptors (Lipinski definition) is 2. The van der Waals surface area contributed by atoms with Gasteiger partial charge in [0.05, 0.1) is 0 Å². The molecule has 1 aliphatic carbocycles. The topological polar surface area (TPSA) is 12.0 Å². The highest BCUT2D eigenvalue weighted by atomic mass is 32.2. The van der Waals surface area contributed by atoms with E-state index in [1.54, 1.807) is 0 Å². The summed E-state index contributed by atoms with van der Waals surface area (Å²) in [6, 6.07) is 9.38. The summed E-state index contributed by atoms with van der Waals surface area (Å²) in [4.78, 5) is 0. The number of benzene rings is 1. The Balaban J connectivity index is 2.15. The Kier molecular flexibility index (Phi) is 3.60. The van der Waals surface area contributed by atoms with Crippen molar-refractivity contribution in [3.63, 3.8) is 0 Å². The van der Waals surface area contributed by atoms with Crippen LogP contribution in [0.3, 0.4) is 0 Å². The minimum absolute atomic E-state index is 0.349. The molecule has 0 heterocycles. The predicted molar refractivity (Wildman–Crippen MR) is 73.1 cm³/mol. The van der Waals surface area contributed by atoms with Crippen molar-refractivity contribution >= 4 is 11.8 Å². The van der Waals surface area contributed by atoms with Crippen molar-refractivity contribution in [3.8, 4) is 0 Å². The molecule has 0 saturated heterocycles. The van der Waals surface area contributed by atoms with Gasteiger partial charge in [-0.3, -0.25) is 0 Å². The largest absolute Gasteiger partial charge is 0.309 e. The molecule has 0 radical (unpaired) electrons. The summed E-state index contributed by atoms with van der Waals surface area (Å²) in [5, 5.41) is 3.71. The predicted octanol–water partition coefficient (Wildman–Crippen LogP) is 3.26. The first-order valence-electron chi connectivity index (χ1n) is 5.95. The normalized spacial score (nSPS) is 22.1. The van der Waals surface area contributed by atoms with Crippen LogP contribution in [-0.2, 0) is 6.42 Å². The Morgan fingerprint density at radius 2 is 2.12 bits per heavy atom. The fourth-order valence-electron chi connectivity index (χ4n) is 2.68. The van der Waals surface area contributed by atoms with Gasteiger partial charge in [-0.2, -0.15) is 11.8 Å². The third-order valence-corrected chi connectivity index (χ3v) is 4.06. The van der Waals surface area contributed by atoms with Crippen LogP contribution in [0.1, 0.15) is 31.0 Å². The van der Waals surface area contributed by atoms with E-state index >= 15 is 0 Å². The molecule has 1 aromatic rings. The van der Waals surface area contributed by atoms with Gasteiger partial charge in [-0.05, 0) is 29.2 Å². The fraction of sp³-hybridized carbons (Fsp3) is 0.571. The molecule has 16 heavy (non-hydrogen) atoms. The van der Waals surface area contributed by atoms with Crippen molar-refractivity contribution in [3.05, 3.63) is 35.4 Å². The smallest absolute Gasteiger partial charge is 0.0378 e. The Bertz CT molecular complexity index is 360. The average molecular weight is 235 g/mol. The van der Waals surface area contributed by atoms with E-state index in [1.807, 2.05) is 11.8 Å². The Hall–Kier alpha value is -0.470. The number of hydrogen-bond donors (Lipinski definition) is 1. The quantitative estimate of drug-likeness (QED) is 0.804. The van der Waals surface area contributed by atoms with E-state index in [9.17, 15) is 0 Å². The van der Waals surface area contributed by atoms with Crippen LogP contribution in [0.25, 0.3) is 0 Å². The summed E-state index contributed by atoms with van der Waals surface area (Å²) >= 11 is 1.90.